The minimum absolute atomic E-state index is 0.0190. The monoisotopic (exact) mass is 470 g/mol. The van der Waals surface area contributed by atoms with Gasteiger partial charge in [0, 0.05) is 24.9 Å². The molecule has 3 aromatic rings. The Bertz CT molecular complexity index is 1020. The Hall–Kier alpha value is -3.40. The molecule has 2 unspecified atom stereocenters. The topological polar surface area (TPSA) is 49.4 Å². The standard InChI is InChI=1S/C31H38N2O2/c1-5-24(4)32-31(35)29(6-2)33(22-25-19-17-23(3)18-20-25)30(34)21-28(26-13-9-7-10-14-26)27-15-11-8-12-16-27/h7-20,24,28-29H,5-6,21-22H2,1-4H3,(H,32,35). The smallest absolute Gasteiger partial charge is 0.243 e. The number of carbonyl (C=O) groups is 2. The van der Waals surface area contributed by atoms with Crippen molar-refractivity contribution in [3.8, 4) is 0 Å². The van der Waals surface area contributed by atoms with Gasteiger partial charge in [0.15, 0.2) is 0 Å². The predicted molar refractivity (Wildman–Crippen MR) is 143 cm³/mol. The summed E-state index contributed by atoms with van der Waals surface area (Å²) in [6.45, 7) is 8.47. The highest BCUT2D eigenvalue weighted by Crippen LogP contribution is 2.29. The van der Waals surface area contributed by atoms with Gasteiger partial charge in [-0.05, 0) is 43.4 Å². The summed E-state index contributed by atoms with van der Waals surface area (Å²) in [6.07, 6.45) is 1.70. The van der Waals surface area contributed by atoms with Crippen LogP contribution < -0.4 is 5.32 Å². The summed E-state index contributed by atoms with van der Waals surface area (Å²) in [6, 6.07) is 28.0. The van der Waals surface area contributed by atoms with Crippen LogP contribution in [0, 0.1) is 6.92 Å². The van der Waals surface area contributed by atoms with Gasteiger partial charge < -0.3 is 10.2 Å². The van der Waals surface area contributed by atoms with E-state index in [4.69, 9.17) is 0 Å². The highest BCUT2D eigenvalue weighted by molar-refractivity contribution is 5.88. The van der Waals surface area contributed by atoms with Gasteiger partial charge in [0.1, 0.15) is 6.04 Å². The second-order valence-electron chi connectivity index (χ2n) is 9.33. The zero-order valence-electron chi connectivity index (χ0n) is 21.4. The highest BCUT2D eigenvalue weighted by atomic mass is 16.2. The molecule has 0 aliphatic heterocycles. The lowest BCUT2D eigenvalue weighted by molar-refractivity contribution is -0.141. The first-order valence-electron chi connectivity index (χ1n) is 12.7. The molecule has 0 fully saturated rings. The molecule has 2 atom stereocenters. The minimum atomic E-state index is -0.523. The third-order valence-electron chi connectivity index (χ3n) is 6.64. The summed E-state index contributed by atoms with van der Waals surface area (Å²) in [5.74, 6) is -0.187. The van der Waals surface area contributed by atoms with E-state index in [-0.39, 0.29) is 23.8 Å². The van der Waals surface area contributed by atoms with Crippen molar-refractivity contribution in [2.75, 3.05) is 0 Å². The molecule has 0 saturated carbocycles. The van der Waals surface area contributed by atoms with Crippen molar-refractivity contribution in [2.45, 2.75) is 71.5 Å². The molecule has 0 aliphatic carbocycles. The SMILES string of the molecule is CCC(C)NC(=O)C(CC)N(Cc1ccc(C)cc1)C(=O)CC(c1ccccc1)c1ccccc1. The zero-order valence-corrected chi connectivity index (χ0v) is 21.4. The summed E-state index contributed by atoms with van der Waals surface area (Å²) in [5, 5.41) is 3.09. The maximum Gasteiger partial charge on any atom is 0.243 e. The molecule has 0 spiro atoms. The molecule has 3 rings (SSSR count). The Morgan fingerprint density at radius 3 is 1.83 bits per heavy atom. The highest BCUT2D eigenvalue weighted by Gasteiger charge is 2.31. The van der Waals surface area contributed by atoms with Gasteiger partial charge >= 0.3 is 0 Å². The van der Waals surface area contributed by atoms with E-state index in [0.717, 1.165) is 23.1 Å². The molecule has 35 heavy (non-hydrogen) atoms. The summed E-state index contributed by atoms with van der Waals surface area (Å²) in [4.78, 5) is 29.0. The first kappa shape index (κ1) is 26.2. The third-order valence-corrected chi connectivity index (χ3v) is 6.64. The summed E-state index contributed by atoms with van der Waals surface area (Å²) in [5.41, 5.74) is 4.38. The van der Waals surface area contributed by atoms with E-state index in [1.807, 2.05) is 76.2 Å². The fourth-order valence-electron chi connectivity index (χ4n) is 4.34. The summed E-state index contributed by atoms with van der Waals surface area (Å²) in [7, 11) is 0. The number of amides is 2. The average Bonchev–Trinajstić information content (AvgIpc) is 2.89. The Labute approximate surface area is 210 Å². The fourth-order valence-corrected chi connectivity index (χ4v) is 4.34. The molecule has 0 bridgehead atoms. The van der Waals surface area contributed by atoms with Crippen molar-refractivity contribution < 1.29 is 9.59 Å². The lowest BCUT2D eigenvalue weighted by Gasteiger charge is -2.33. The number of hydrogen-bond acceptors (Lipinski definition) is 2. The molecule has 3 aromatic carbocycles. The van der Waals surface area contributed by atoms with Crippen molar-refractivity contribution in [3.05, 3.63) is 107 Å². The van der Waals surface area contributed by atoms with Crippen LogP contribution in [0.1, 0.15) is 68.2 Å². The molecule has 2 amide bonds. The number of aryl methyl sites for hydroxylation is 1. The molecule has 0 saturated heterocycles. The zero-order chi connectivity index (χ0) is 25.2. The number of hydrogen-bond donors (Lipinski definition) is 1. The number of nitrogens with one attached hydrogen (secondary N) is 1. The fraction of sp³-hybridized carbons (Fsp3) is 0.355. The van der Waals surface area contributed by atoms with Crippen LogP contribution in [-0.2, 0) is 16.1 Å². The normalized spacial score (nSPS) is 12.7. The molecule has 4 heteroatoms. The van der Waals surface area contributed by atoms with Gasteiger partial charge in [-0.25, -0.2) is 0 Å². The first-order valence-corrected chi connectivity index (χ1v) is 12.7. The van der Waals surface area contributed by atoms with Crippen LogP contribution in [0.2, 0.25) is 0 Å². The van der Waals surface area contributed by atoms with E-state index < -0.39 is 6.04 Å². The van der Waals surface area contributed by atoms with Gasteiger partial charge in [0.05, 0.1) is 0 Å². The average molecular weight is 471 g/mol. The van der Waals surface area contributed by atoms with Crippen LogP contribution in [-0.4, -0.2) is 28.8 Å². The van der Waals surface area contributed by atoms with Crippen LogP contribution in [0.3, 0.4) is 0 Å². The van der Waals surface area contributed by atoms with Gasteiger partial charge in [-0.2, -0.15) is 0 Å². The molecule has 0 heterocycles. The first-order chi connectivity index (χ1) is 16.9. The van der Waals surface area contributed by atoms with Crippen LogP contribution in [0.4, 0.5) is 0 Å². The molecule has 0 aliphatic rings. The van der Waals surface area contributed by atoms with Crippen molar-refractivity contribution >= 4 is 11.8 Å². The van der Waals surface area contributed by atoms with Gasteiger partial charge in [-0.15, -0.1) is 0 Å². The Morgan fingerprint density at radius 1 is 0.800 bits per heavy atom. The summed E-state index contributed by atoms with van der Waals surface area (Å²) >= 11 is 0. The predicted octanol–water partition coefficient (Wildman–Crippen LogP) is 6.24. The van der Waals surface area contributed by atoms with Crippen LogP contribution in [0.25, 0.3) is 0 Å². The Kier molecular flexibility index (Phi) is 9.66. The number of nitrogens with zero attached hydrogens (tertiary/aromatic N) is 1. The van der Waals surface area contributed by atoms with E-state index in [9.17, 15) is 9.59 Å². The van der Waals surface area contributed by atoms with E-state index in [1.54, 1.807) is 4.90 Å². The van der Waals surface area contributed by atoms with Crippen LogP contribution in [0.5, 0.6) is 0 Å². The van der Waals surface area contributed by atoms with Gasteiger partial charge in [-0.3, -0.25) is 9.59 Å². The number of carbonyl (C=O) groups excluding carboxylic acids is 2. The molecular formula is C31H38N2O2. The number of benzene rings is 3. The molecule has 0 radical (unpaired) electrons. The van der Waals surface area contributed by atoms with Crippen molar-refractivity contribution in [1.29, 1.82) is 0 Å². The second-order valence-corrected chi connectivity index (χ2v) is 9.33. The molecule has 4 nitrogen and oxygen atoms in total. The number of rotatable bonds is 11. The van der Waals surface area contributed by atoms with E-state index in [2.05, 4.69) is 41.7 Å². The molecule has 184 valence electrons. The lowest BCUT2D eigenvalue weighted by Crippen LogP contribution is -2.51. The van der Waals surface area contributed by atoms with Gasteiger partial charge in [-0.1, -0.05) is 104 Å². The second kappa shape index (κ2) is 12.9. The summed E-state index contributed by atoms with van der Waals surface area (Å²) < 4.78 is 0. The quantitative estimate of drug-likeness (QED) is 0.361. The largest absolute Gasteiger partial charge is 0.352 e. The van der Waals surface area contributed by atoms with E-state index in [1.165, 1.54) is 5.56 Å². The molecule has 0 aromatic heterocycles. The van der Waals surface area contributed by atoms with Crippen LogP contribution in [0.15, 0.2) is 84.9 Å². The molecule has 1 N–H and O–H groups in total. The van der Waals surface area contributed by atoms with E-state index >= 15 is 0 Å². The van der Waals surface area contributed by atoms with Crippen molar-refractivity contribution in [1.82, 2.24) is 10.2 Å². The Balaban J connectivity index is 1.94. The van der Waals surface area contributed by atoms with Gasteiger partial charge in [0.25, 0.3) is 0 Å². The van der Waals surface area contributed by atoms with Crippen molar-refractivity contribution in [3.63, 3.8) is 0 Å². The van der Waals surface area contributed by atoms with E-state index in [0.29, 0.717) is 19.4 Å². The minimum Gasteiger partial charge on any atom is -0.352 e. The van der Waals surface area contributed by atoms with Crippen molar-refractivity contribution in [2.24, 2.45) is 0 Å². The maximum atomic E-state index is 14.0. The third kappa shape index (κ3) is 7.29. The Morgan fingerprint density at radius 2 is 1.34 bits per heavy atom. The van der Waals surface area contributed by atoms with Crippen LogP contribution >= 0.6 is 0 Å². The lowest BCUT2D eigenvalue weighted by atomic mass is 9.88. The molecular weight excluding hydrogens is 432 g/mol. The van der Waals surface area contributed by atoms with Gasteiger partial charge in [0.2, 0.25) is 11.8 Å². The maximum absolute atomic E-state index is 14.0.